The Kier molecular flexibility index (Phi) is 4.41. The molecule has 0 bridgehead atoms. The summed E-state index contributed by atoms with van der Waals surface area (Å²) in [6.07, 6.45) is 1.68. The van der Waals surface area contributed by atoms with E-state index < -0.39 is 0 Å². The number of hydrogen-bond acceptors (Lipinski definition) is 5. The van der Waals surface area contributed by atoms with Crippen LogP contribution in [0.5, 0.6) is 5.75 Å². The second-order valence-electron chi connectivity index (χ2n) is 5.76. The van der Waals surface area contributed by atoms with E-state index in [2.05, 4.69) is 21.3 Å². The molecular weight excluding hydrogens is 344 g/mol. The zero-order valence-electron chi connectivity index (χ0n) is 13.0. The van der Waals surface area contributed by atoms with Gasteiger partial charge in [0, 0.05) is 35.1 Å². The van der Waals surface area contributed by atoms with Crippen LogP contribution in [0.25, 0.3) is 10.9 Å². The molecule has 3 aromatic rings. The third-order valence-electron chi connectivity index (χ3n) is 4.36. The summed E-state index contributed by atoms with van der Waals surface area (Å²) in [7, 11) is 0. The lowest BCUT2D eigenvalue weighted by atomic mass is 9.99. The molecule has 0 spiro atoms. The number of morpholine rings is 1. The first kappa shape index (κ1) is 15.8. The van der Waals surface area contributed by atoms with Gasteiger partial charge in [-0.3, -0.25) is 9.88 Å². The Morgan fingerprint density at radius 3 is 2.83 bits per heavy atom. The molecule has 4 nitrogen and oxygen atoms in total. The minimum Gasteiger partial charge on any atom is -0.505 e. The molecule has 6 heteroatoms. The average molecular weight is 361 g/mol. The Bertz CT molecular complexity index is 848. The summed E-state index contributed by atoms with van der Waals surface area (Å²) in [5.74, 6) is 0.208. The first-order chi connectivity index (χ1) is 11.8. The van der Waals surface area contributed by atoms with Crippen molar-refractivity contribution in [2.45, 2.75) is 6.04 Å². The fraction of sp³-hybridized carbons (Fsp3) is 0.278. The maximum Gasteiger partial charge on any atom is 0.147 e. The quantitative estimate of drug-likeness (QED) is 0.764. The molecule has 0 radical (unpaired) electrons. The molecule has 4 rings (SSSR count). The molecule has 24 heavy (non-hydrogen) atoms. The molecule has 1 N–H and O–H groups in total. The molecule has 124 valence electrons. The van der Waals surface area contributed by atoms with Gasteiger partial charge in [-0.25, -0.2) is 0 Å². The van der Waals surface area contributed by atoms with Gasteiger partial charge in [-0.1, -0.05) is 17.7 Å². The molecule has 1 aliphatic heterocycles. The van der Waals surface area contributed by atoms with Gasteiger partial charge in [0.15, 0.2) is 0 Å². The number of aromatic nitrogens is 1. The molecule has 1 atom stereocenters. The van der Waals surface area contributed by atoms with Crippen molar-refractivity contribution in [1.82, 2.24) is 9.88 Å². The van der Waals surface area contributed by atoms with Gasteiger partial charge in [0.2, 0.25) is 0 Å². The molecule has 1 aliphatic rings. The number of ether oxygens (including phenoxy) is 1. The number of halogens is 1. The predicted octanol–water partition coefficient (Wildman–Crippen LogP) is 4.08. The molecule has 1 fully saturated rings. The first-order valence-electron chi connectivity index (χ1n) is 7.87. The maximum absolute atomic E-state index is 10.9. The minimum atomic E-state index is -0.0437. The van der Waals surface area contributed by atoms with E-state index in [-0.39, 0.29) is 11.8 Å². The van der Waals surface area contributed by atoms with Crippen LogP contribution in [0.4, 0.5) is 0 Å². The highest BCUT2D eigenvalue weighted by atomic mass is 35.5. The van der Waals surface area contributed by atoms with Crippen molar-refractivity contribution >= 4 is 33.8 Å². The van der Waals surface area contributed by atoms with Crippen molar-refractivity contribution in [3.63, 3.8) is 0 Å². The molecule has 0 saturated carbocycles. The number of aromatic hydroxyl groups is 1. The monoisotopic (exact) mass is 360 g/mol. The van der Waals surface area contributed by atoms with E-state index in [9.17, 15) is 5.11 Å². The smallest absolute Gasteiger partial charge is 0.147 e. The SMILES string of the molecule is Oc1c([C@H](c2cccs2)N2CCOCC2)cc(Cl)c2cccnc12. The number of phenolic OH excluding ortho intramolecular Hbond substituents is 1. The van der Waals surface area contributed by atoms with E-state index in [0.29, 0.717) is 23.8 Å². The van der Waals surface area contributed by atoms with Crippen molar-refractivity contribution in [1.29, 1.82) is 0 Å². The summed E-state index contributed by atoms with van der Waals surface area (Å²) in [5.41, 5.74) is 1.35. The molecule has 0 unspecified atom stereocenters. The van der Waals surface area contributed by atoms with Crippen LogP contribution in [-0.4, -0.2) is 41.3 Å². The molecule has 0 amide bonds. The van der Waals surface area contributed by atoms with E-state index in [1.807, 2.05) is 24.3 Å². The first-order valence-corrected chi connectivity index (χ1v) is 9.13. The Balaban J connectivity index is 1.89. The molecule has 2 aromatic heterocycles. The highest BCUT2D eigenvalue weighted by Gasteiger charge is 2.29. The largest absolute Gasteiger partial charge is 0.505 e. The number of thiophene rings is 1. The molecule has 1 saturated heterocycles. The van der Waals surface area contributed by atoms with Gasteiger partial charge in [0.05, 0.1) is 24.3 Å². The number of pyridine rings is 1. The highest BCUT2D eigenvalue weighted by molar-refractivity contribution is 7.10. The zero-order valence-corrected chi connectivity index (χ0v) is 14.6. The number of fused-ring (bicyclic) bond motifs is 1. The Morgan fingerprint density at radius 1 is 1.25 bits per heavy atom. The van der Waals surface area contributed by atoms with Crippen LogP contribution in [0, 0.1) is 0 Å². The van der Waals surface area contributed by atoms with Crippen molar-refractivity contribution < 1.29 is 9.84 Å². The summed E-state index contributed by atoms with van der Waals surface area (Å²) in [6, 6.07) is 9.67. The van der Waals surface area contributed by atoms with Gasteiger partial charge in [0.1, 0.15) is 11.3 Å². The second-order valence-corrected chi connectivity index (χ2v) is 7.15. The van der Waals surface area contributed by atoms with E-state index in [0.717, 1.165) is 24.0 Å². The minimum absolute atomic E-state index is 0.0437. The molecular formula is C18H17ClN2O2S. The lowest BCUT2D eigenvalue weighted by Crippen LogP contribution is -2.39. The van der Waals surface area contributed by atoms with Gasteiger partial charge in [-0.05, 0) is 29.6 Å². The number of benzene rings is 1. The lowest BCUT2D eigenvalue weighted by Gasteiger charge is -2.34. The average Bonchev–Trinajstić information content (AvgIpc) is 3.15. The van der Waals surface area contributed by atoms with Crippen molar-refractivity contribution in [2.75, 3.05) is 26.3 Å². The summed E-state index contributed by atoms with van der Waals surface area (Å²) >= 11 is 8.17. The van der Waals surface area contributed by atoms with E-state index in [4.69, 9.17) is 16.3 Å². The van der Waals surface area contributed by atoms with Gasteiger partial charge in [0.25, 0.3) is 0 Å². The van der Waals surface area contributed by atoms with Crippen LogP contribution in [0.15, 0.2) is 41.9 Å². The van der Waals surface area contributed by atoms with Crippen molar-refractivity contribution in [3.8, 4) is 5.75 Å². The standard InChI is InChI=1S/C18H17ClN2O2S/c19-14-11-13(18(22)16-12(14)3-1-5-20-16)17(15-4-2-10-24-15)21-6-8-23-9-7-21/h1-5,10-11,17,22H,6-9H2/t17-/m1/s1. The summed E-state index contributed by atoms with van der Waals surface area (Å²) in [5, 5.41) is 14.3. The maximum atomic E-state index is 10.9. The topological polar surface area (TPSA) is 45.6 Å². The van der Waals surface area contributed by atoms with Crippen LogP contribution >= 0.6 is 22.9 Å². The van der Waals surface area contributed by atoms with Crippen LogP contribution in [0.3, 0.4) is 0 Å². The molecule has 1 aromatic carbocycles. The van der Waals surface area contributed by atoms with Gasteiger partial charge in [-0.15, -0.1) is 11.3 Å². The third kappa shape index (κ3) is 2.78. The van der Waals surface area contributed by atoms with E-state index >= 15 is 0 Å². The normalized spacial score (nSPS) is 17.2. The fourth-order valence-corrected chi connectivity index (χ4v) is 4.37. The van der Waals surface area contributed by atoms with E-state index in [1.54, 1.807) is 17.5 Å². The Labute approximate surface area is 149 Å². The van der Waals surface area contributed by atoms with Gasteiger partial charge < -0.3 is 9.84 Å². The van der Waals surface area contributed by atoms with Crippen LogP contribution < -0.4 is 0 Å². The molecule has 3 heterocycles. The molecule has 0 aliphatic carbocycles. The van der Waals surface area contributed by atoms with Gasteiger partial charge >= 0.3 is 0 Å². The number of nitrogens with zero attached hydrogens (tertiary/aromatic N) is 2. The van der Waals surface area contributed by atoms with Gasteiger partial charge in [-0.2, -0.15) is 0 Å². The summed E-state index contributed by atoms with van der Waals surface area (Å²) in [6.45, 7) is 3.03. The third-order valence-corrected chi connectivity index (χ3v) is 5.60. The van der Waals surface area contributed by atoms with Crippen LogP contribution in [-0.2, 0) is 4.74 Å². The number of hydrogen-bond donors (Lipinski definition) is 1. The Morgan fingerprint density at radius 2 is 2.08 bits per heavy atom. The lowest BCUT2D eigenvalue weighted by molar-refractivity contribution is 0.0242. The Hall–Kier alpha value is -1.66. The van der Waals surface area contributed by atoms with Crippen LogP contribution in [0.2, 0.25) is 5.02 Å². The number of rotatable bonds is 3. The highest BCUT2D eigenvalue weighted by Crippen LogP contribution is 2.42. The zero-order chi connectivity index (χ0) is 16.5. The van der Waals surface area contributed by atoms with Crippen LogP contribution in [0.1, 0.15) is 16.5 Å². The summed E-state index contributed by atoms with van der Waals surface area (Å²) in [4.78, 5) is 7.84. The van der Waals surface area contributed by atoms with Crippen molar-refractivity contribution in [2.24, 2.45) is 0 Å². The second kappa shape index (κ2) is 6.69. The fourth-order valence-electron chi connectivity index (χ4n) is 3.23. The van der Waals surface area contributed by atoms with Crippen molar-refractivity contribution in [3.05, 3.63) is 57.4 Å². The predicted molar refractivity (Wildman–Crippen MR) is 97.0 cm³/mol. The van der Waals surface area contributed by atoms with E-state index in [1.165, 1.54) is 4.88 Å². The number of phenols is 1. The summed E-state index contributed by atoms with van der Waals surface area (Å²) < 4.78 is 5.49.